The number of carbonyl (C=O) groups excluding carboxylic acids is 2. The minimum Gasteiger partial charge on any atom is -0.359 e. The van der Waals surface area contributed by atoms with Crippen LogP contribution >= 0.6 is 0 Å². The molecule has 10 heteroatoms. The summed E-state index contributed by atoms with van der Waals surface area (Å²) < 4.78 is 6.24. The van der Waals surface area contributed by atoms with Crippen LogP contribution in [0.15, 0.2) is 65.4 Å². The molecule has 36 heavy (non-hydrogen) atoms. The molecule has 2 aromatic heterocycles. The Labute approximate surface area is 208 Å². The van der Waals surface area contributed by atoms with E-state index in [4.69, 9.17) is 0 Å². The van der Waals surface area contributed by atoms with E-state index in [1.54, 1.807) is 42.2 Å². The van der Waals surface area contributed by atoms with Gasteiger partial charge in [-0.1, -0.05) is 30.3 Å². The summed E-state index contributed by atoms with van der Waals surface area (Å²) in [5, 5.41) is 19.5. The highest BCUT2D eigenvalue weighted by Gasteiger charge is 2.34. The topological polar surface area (TPSA) is 111 Å². The first-order chi connectivity index (χ1) is 17.4. The van der Waals surface area contributed by atoms with E-state index in [-0.39, 0.29) is 29.3 Å². The van der Waals surface area contributed by atoms with Gasteiger partial charge in [-0.15, -0.1) is 0 Å². The van der Waals surface area contributed by atoms with Crippen molar-refractivity contribution in [2.45, 2.75) is 25.3 Å². The minimum atomic E-state index is -0.105. The highest BCUT2D eigenvalue weighted by molar-refractivity contribution is 5.97. The summed E-state index contributed by atoms with van der Waals surface area (Å²) in [6, 6.07) is 16.6. The van der Waals surface area contributed by atoms with Crippen LogP contribution in [0, 0.1) is 11.1 Å². The van der Waals surface area contributed by atoms with Gasteiger partial charge in [0, 0.05) is 56.2 Å². The fourth-order valence-corrected chi connectivity index (χ4v) is 5.01. The monoisotopic (exact) mass is 488 g/mol. The van der Waals surface area contributed by atoms with E-state index in [0.29, 0.717) is 34.8 Å². The van der Waals surface area contributed by atoms with E-state index in [9.17, 15) is 14.8 Å². The average molecular weight is 489 g/mol. The van der Waals surface area contributed by atoms with Gasteiger partial charge in [-0.2, -0.15) is 5.10 Å². The van der Waals surface area contributed by atoms with Crippen LogP contribution in [0.25, 0.3) is 11.0 Å². The van der Waals surface area contributed by atoms with Gasteiger partial charge in [-0.25, -0.2) is 0 Å². The van der Waals surface area contributed by atoms with Gasteiger partial charge < -0.3 is 15.0 Å². The smallest absolute Gasteiger partial charge is 0.274 e. The summed E-state index contributed by atoms with van der Waals surface area (Å²) in [5.41, 5.74) is 2.70. The van der Waals surface area contributed by atoms with Crippen LogP contribution in [0.1, 0.15) is 39.3 Å². The lowest BCUT2D eigenvalue weighted by atomic mass is 9.84. The molecule has 186 valence electrons. The summed E-state index contributed by atoms with van der Waals surface area (Å²) >= 11 is 0. The van der Waals surface area contributed by atoms with Crippen molar-refractivity contribution in [2.75, 3.05) is 20.1 Å². The van der Waals surface area contributed by atoms with Crippen LogP contribution in [0.2, 0.25) is 0 Å². The third-order valence-electron chi connectivity index (χ3n) is 7.04. The summed E-state index contributed by atoms with van der Waals surface area (Å²) in [7, 11) is 3.64. The average Bonchev–Trinajstić information content (AvgIpc) is 3.52. The first-order valence-corrected chi connectivity index (χ1v) is 12.0. The van der Waals surface area contributed by atoms with Crippen molar-refractivity contribution in [2.24, 2.45) is 13.0 Å². The summed E-state index contributed by atoms with van der Waals surface area (Å²) in [5.74, 6) is 0.0178. The van der Waals surface area contributed by atoms with E-state index >= 15 is 0 Å². The van der Waals surface area contributed by atoms with Gasteiger partial charge in [0.25, 0.3) is 11.8 Å². The number of likely N-dealkylation sites (tertiary alicyclic amines) is 1. The molecule has 0 aliphatic carbocycles. The molecule has 2 aromatic carbocycles. The molecule has 0 spiro atoms. The third-order valence-corrected chi connectivity index (χ3v) is 7.04. The standard InChI is InChI=1S/C26H28N6O4/c1-29-13-12-21(27-29)26(34)30(2)24(16-18-6-4-3-5-7-18)19-10-14-31(15-11-19)25(33)20-8-9-23-22(17-20)28-36-32(23)35/h3-9,12-13,17,19,24H,10-11,14-16H2,1-2H3/t24-/m1/s1. The van der Waals surface area contributed by atoms with E-state index in [0.717, 1.165) is 19.3 Å². The second-order valence-corrected chi connectivity index (χ2v) is 9.31. The van der Waals surface area contributed by atoms with Gasteiger partial charge >= 0.3 is 0 Å². The SMILES string of the molecule is CN(C(=O)c1ccn(C)n1)[C@H](Cc1ccccc1)C1CCN(C(=O)c2ccc3c(c2)no[n+]3[O-])CC1. The van der Waals surface area contributed by atoms with Crippen molar-refractivity contribution in [3.63, 3.8) is 0 Å². The molecule has 1 aliphatic rings. The first kappa shape index (κ1) is 23.5. The van der Waals surface area contributed by atoms with Gasteiger partial charge in [0.2, 0.25) is 11.0 Å². The summed E-state index contributed by atoms with van der Waals surface area (Å²) in [6.07, 6.45) is 4.04. The fourth-order valence-electron chi connectivity index (χ4n) is 5.01. The molecule has 1 saturated heterocycles. The van der Waals surface area contributed by atoms with Crippen LogP contribution in [-0.2, 0) is 13.5 Å². The maximum Gasteiger partial charge on any atom is 0.274 e. The van der Waals surface area contributed by atoms with Crippen molar-refractivity contribution in [3.8, 4) is 0 Å². The van der Waals surface area contributed by atoms with E-state index in [1.807, 2.05) is 35.0 Å². The second kappa shape index (κ2) is 9.80. The van der Waals surface area contributed by atoms with Crippen molar-refractivity contribution >= 4 is 22.8 Å². The number of likely N-dealkylation sites (N-methyl/N-ethyl adjacent to an activating group) is 1. The molecule has 0 N–H and O–H groups in total. The number of carbonyl (C=O) groups is 2. The van der Waals surface area contributed by atoms with Crippen LogP contribution in [0.4, 0.5) is 0 Å². The first-order valence-electron chi connectivity index (χ1n) is 12.0. The Kier molecular flexibility index (Phi) is 6.41. The predicted molar refractivity (Wildman–Crippen MR) is 131 cm³/mol. The van der Waals surface area contributed by atoms with Gasteiger partial charge in [-0.05, 0) is 53.8 Å². The lowest BCUT2D eigenvalue weighted by molar-refractivity contribution is -0.782. The van der Waals surface area contributed by atoms with E-state index in [1.165, 1.54) is 5.56 Å². The number of rotatable bonds is 6. The van der Waals surface area contributed by atoms with Crippen molar-refractivity contribution in [3.05, 3.63) is 82.8 Å². The molecule has 3 heterocycles. The molecule has 0 radical (unpaired) electrons. The van der Waals surface area contributed by atoms with Crippen LogP contribution in [0.5, 0.6) is 0 Å². The Bertz CT molecular complexity index is 1370. The molecule has 10 nitrogen and oxygen atoms in total. The second-order valence-electron chi connectivity index (χ2n) is 9.31. The molecular weight excluding hydrogens is 460 g/mol. The number of aryl methyl sites for hydroxylation is 1. The molecule has 0 bridgehead atoms. The largest absolute Gasteiger partial charge is 0.359 e. The van der Waals surface area contributed by atoms with E-state index in [2.05, 4.69) is 27.0 Å². The molecule has 0 unspecified atom stereocenters. The Morgan fingerprint density at radius 2 is 1.92 bits per heavy atom. The Balaban J connectivity index is 1.31. The molecule has 4 aromatic rings. The summed E-state index contributed by atoms with van der Waals surface area (Å²) in [4.78, 5) is 30.4. The Morgan fingerprint density at radius 3 is 2.61 bits per heavy atom. The molecule has 1 aliphatic heterocycles. The van der Waals surface area contributed by atoms with Gasteiger partial charge in [0.1, 0.15) is 5.69 Å². The third kappa shape index (κ3) is 4.66. The van der Waals surface area contributed by atoms with Crippen LogP contribution in [0.3, 0.4) is 0 Å². The lowest BCUT2D eigenvalue weighted by Gasteiger charge is -2.40. The number of aromatic nitrogens is 4. The highest BCUT2D eigenvalue weighted by Crippen LogP contribution is 2.28. The maximum absolute atomic E-state index is 13.2. The number of hydrogen-bond acceptors (Lipinski definition) is 6. The minimum absolute atomic E-state index is 0.0295. The Morgan fingerprint density at radius 1 is 1.17 bits per heavy atom. The van der Waals surface area contributed by atoms with Crippen LogP contribution < -0.4 is 4.90 Å². The quantitative estimate of drug-likeness (QED) is 0.386. The predicted octanol–water partition coefficient (Wildman–Crippen LogP) is 2.43. The van der Waals surface area contributed by atoms with Crippen molar-refractivity contribution in [1.82, 2.24) is 24.7 Å². The zero-order chi connectivity index (χ0) is 25.2. The number of amides is 2. The van der Waals surface area contributed by atoms with Crippen molar-refractivity contribution in [1.29, 1.82) is 0 Å². The zero-order valence-corrected chi connectivity index (χ0v) is 20.3. The fraction of sp³-hybridized carbons (Fsp3) is 0.346. The van der Waals surface area contributed by atoms with Crippen LogP contribution in [-0.4, -0.2) is 62.7 Å². The van der Waals surface area contributed by atoms with Gasteiger partial charge in [-0.3, -0.25) is 18.9 Å². The molecule has 5 rings (SSSR count). The normalized spacial score (nSPS) is 15.2. The maximum atomic E-state index is 13.2. The molecule has 1 atom stereocenters. The number of benzene rings is 2. The molecule has 1 fully saturated rings. The highest BCUT2D eigenvalue weighted by atomic mass is 16.8. The number of fused-ring (bicyclic) bond motifs is 1. The molecule has 2 amide bonds. The number of hydrogen-bond donors (Lipinski definition) is 0. The number of nitrogens with zero attached hydrogens (tertiary/aromatic N) is 6. The van der Waals surface area contributed by atoms with Crippen molar-refractivity contribution < 1.29 is 19.1 Å². The van der Waals surface area contributed by atoms with E-state index < -0.39 is 0 Å². The van der Waals surface area contributed by atoms with Gasteiger partial charge in [0.15, 0.2) is 0 Å². The van der Waals surface area contributed by atoms with Gasteiger partial charge in [0.05, 0.1) is 0 Å². The lowest BCUT2D eigenvalue weighted by Crippen LogP contribution is -2.48. The molecular formula is C26H28N6O4. The summed E-state index contributed by atoms with van der Waals surface area (Å²) in [6.45, 7) is 1.16. The number of piperidine rings is 1. The molecule has 0 saturated carbocycles. The zero-order valence-electron chi connectivity index (χ0n) is 20.3. The Hall–Kier alpha value is -4.21.